The standard InChI is InChI=1S/C26H30FN7O4/c1-33(8-9-35)7-4-10-38-23-13-21-20(12-22(23)37-2)26(30-16-29-21)32-19-14-31-34(15-19)24(25(28)36)17-5-3-6-18(27)11-17/h3,5-6,11-16,24,35H,4,7-10H2,1-2H3,(H2,28,36)(H,29,30,32). The van der Waals surface area contributed by atoms with Crippen LogP contribution in [0.25, 0.3) is 10.9 Å². The monoisotopic (exact) mass is 523 g/mol. The molecule has 2 aromatic carbocycles. The lowest BCUT2D eigenvalue weighted by Crippen LogP contribution is -2.27. The molecule has 0 aliphatic rings. The lowest BCUT2D eigenvalue weighted by atomic mass is 10.1. The van der Waals surface area contributed by atoms with E-state index in [0.29, 0.717) is 52.6 Å². The van der Waals surface area contributed by atoms with Crippen LogP contribution in [0, 0.1) is 5.82 Å². The van der Waals surface area contributed by atoms with Crippen molar-refractivity contribution >= 4 is 28.3 Å². The van der Waals surface area contributed by atoms with Crippen LogP contribution in [0.5, 0.6) is 11.5 Å². The average Bonchev–Trinajstić information content (AvgIpc) is 3.34. The summed E-state index contributed by atoms with van der Waals surface area (Å²) in [6.07, 6.45) is 5.32. The van der Waals surface area contributed by atoms with Crippen molar-refractivity contribution in [3.63, 3.8) is 0 Å². The molecule has 0 spiro atoms. The van der Waals surface area contributed by atoms with Crippen LogP contribution in [0.4, 0.5) is 15.9 Å². The molecule has 1 atom stereocenters. The number of ether oxygens (including phenoxy) is 2. The molecule has 1 amide bonds. The van der Waals surface area contributed by atoms with E-state index in [9.17, 15) is 9.18 Å². The van der Waals surface area contributed by atoms with E-state index in [1.165, 1.54) is 35.4 Å². The Morgan fingerprint density at radius 1 is 1.24 bits per heavy atom. The second-order valence-electron chi connectivity index (χ2n) is 8.67. The number of likely N-dealkylation sites (N-methyl/N-ethyl adjacent to an activating group) is 1. The predicted molar refractivity (Wildman–Crippen MR) is 140 cm³/mol. The Bertz CT molecular complexity index is 1400. The van der Waals surface area contributed by atoms with E-state index in [2.05, 4.69) is 20.4 Å². The fraction of sp³-hybridized carbons (Fsp3) is 0.308. The number of methoxy groups -OCH3 is 1. The lowest BCUT2D eigenvalue weighted by molar-refractivity contribution is -0.120. The highest BCUT2D eigenvalue weighted by Crippen LogP contribution is 2.35. The van der Waals surface area contributed by atoms with Crippen LogP contribution >= 0.6 is 0 Å². The van der Waals surface area contributed by atoms with Crippen LogP contribution in [0.15, 0.2) is 55.1 Å². The van der Waals surface area contributed by atoms with E-state index in [1.807, 2.05) is 11.9 Å². The number of hydrogen-bond acceptors (Lipinski definition) is 9. The number of nitrogens with two attached hydrogens (primary N) is 1. The Morgan fingerprint density at radius 3 is 2.82 bits per heavy atom. The predicted octanol–water partition coefficient (Wildman–Crippen LogP) is 2.49. The van der Waals surface area contributed by atoms with E-state index >= 15 is 0 Å². The molecule has 0 fully saturated rings. The normalized spacial score (nSPS) is 12.0. The van der Waals surface area contributed by atoms with E-state index < -0.39 is 17.8 Å². The number of aliphatic hydroxyl groups is 1. The molecule has 4 N–H and O–H groups in total. The first-order valence-electron chi connectivity index (χ1n) is 12.0. The number of anilines is 2. The molecular formula is C26H30FN7O4. The van der Waals surface area contributed by atoms with Gasteiger partial charge >= 0.3 is 0 Å². The quantitative estimate of drug-likeness (QED) is 0.225. The first kappa shape index (κ1) is 26.8. The highest BCUT2D eigenvalue weighted by Gasteiger charge is 2.22. The van der Waals surface area contributed by atoms with E-state index in [-0.39, 0.29) is 6.61 Å². The topological polar surface area (TPSA) is 141 Å². The van der Waals surface area contributed by atoms with Gasteiger partial charge in [-0.25, -0.2) is 14.4 Å². The van der Waals surface area contributed by atoms with Gasteiger partial charge in [-0.15, -0.1) is 0 Å². The summed E-state index contributed by atoms with van der Waals surface area (Å²) < 4.78 is 26.6. The summed E-state index contributed by atoms with van der Waals surface area (Å²) in [6.45, 7) is 1.99. The number of halogens is 1. The molecule has 12 heteroatoms. The first-order valence-corrected chi connectivity index (χ1v) is 12.0. The van der Waals surface area contributed by atoms with Gasteiger partial charge in [0.25, 0.3) is 0 Å². The van der Waals surface area contributed by atoms with Crippen molar-refractivity contribution in [1.82, 2.24) is 24.6 Å². The summed E-state index contributed by atoms with van der Waals surface area (Å²) in [5.41, 5.74) is 7.17. The van der Waals surface area contributed by atoms with Gasteiger partial charge in [0.05, 0.1) is 37.7 Å². The number of hydrogen-bond donors (Lipinski definition) is 3. The smallest absolute Gasteiger partial charge is 0.246 e. The molecular weight excluding hydrogens is 493 g/mol. The maximum absolute atomic E-state index is 13.7. The summed E-state index contributed by atoms with van der Waals surface area (Å²) in [7, 11) is 3.50. The molecule has 2 heterocycles. The summed E-state index contributed by atoms with van der Waals surface area (Å²) in [5.74, 6) is 0.427. The molecule has 0 saturated heterocycles. The molecule has 0 bridgehead atoms. The van der Waals surface area contributed by atoms with Gasteiger partial charge in [0.15, 0.2) is 17.5 Å². The Morgan fingerprint density at radius 2 is 2.08 bits per heavy atom. The number of aromatic nitrogens is 4. The Hall–Kier alpha value is -4.29. The van der Waals surface area contributed by atoms with Crippen LogP contribution in [0.2, 0.25) is 0 Å². The van der Waals surface area contributed by atoms with Crippen molar-refractivity contribution in [2.24, 2.45) is 5.73 Å². The second kappa shape index (κ2) is 12.3. The maximum Gasteiger partial charge on any atom is 0.246 e. The van der Waals surface area contributed by atoms with E-state index in [4.69, 9.17) is 20.3 Å². The first-order chi connectivity index (χ1) is 18.4. The SMILES string of the molecule is COc1cc2c(Nc3cnn(C(C(N)=O)c4cccc(F)c4)c3)ncnc2cc1OCCCN(C)CCO. The zero-order chi connectivity index (χ0) is 27.1. The number of fused-ring (bicyclic) bond motifs is 1. The van der Waals surface area contributed by atoms with Crippen molar-refractivity contribution in [2.75, 3.05) is 45.8 Å². The van der Waals surface area contributed by atoms with Crippen molar-refractivity contribution in [3.05, 3.63) is 66.5 Å². The zero-order valence-corrected chi connectivity index (χ0v) is 21.2. The molecule has 38 heavy (non-hydrogen) atoms. The summed E-state index contributed by atoms with van der Waals surface area (Å²) in [6, 6.07) is 8.26. The second-order valence-corrected chi connectivity index (χ2v) is 8.67. The molecule has 1 unspecified atom stereocenters. The van der Waals surface area contributed by atoms with Crippen molar-refractivity contribution in [2.45, 2.75) is 12.5 Å². The van der Waals surface area contributed by atoms with Gasteiger partial charge in [-0.05, 0) is 37.2 Å². The Balaban J connectivity index is 1.53. The molecule has 2 aromatic heterocycles. The van der Waals surface area contributed by atoms with Crippen molar-refractivity contribution in [3.8, 4) is 11.5 Å². The van der Waals surface area contributed by atoms with Gasteiger partial charge in [-0.2, -0.15) is 5.10 Å². The minimum absolute atomic E-state index is 0.117. The van der Waals surface area contributed by atoms with Crippen LogP contribution in [0.1, 0.15) is 18.0 Å². The van der Waals surface area contributed by atoms with Crippen molar-refractivity contribution < 1.29 is 23.8 Å². The van der Waals surface area contributed by atoms with E-state index in [0.717, 1.165) is 13.0 Å². The molecule has 0 aliphatic heterocycles. The van der Waals surface area contributed by atoms with E-state index in [1.54, 1.807) is 31.5 Å². The fourth-order valence-electron chi connectivity index (χ4n) is 4.04. The number of carbonyl (C=O) groups is 1. The Kier molecular flexibility index (Phi) is 8.66. The zero-order valence-electron chi connectivity index (χ0n) is 21.2. The number of primary amides is 1. The molecule has 0 aliphatic carbocycles. The minimum Gasteiger partial charge on any atom is -0.493 e. The van der Waals surface area contributed by atoms with Crippen LogP contribution in [-0.4, -0.2) is 76.1 Å². The summed E-state index contributed by atoms with van der Waals surface area (Å²) in [4.78, 5) is 22.9. The average molecular weight is 524 g/mol. The highest BCUT2D eigenvalue weighted by molar-refractivity contribution is 5.93. The van der Waals surface area contributed by atoms with Crippen LogP contribution < -0.4 is 20.5 Å². The number of carbonyl (C=O) groups excluding carboxylic acids is 1. The highest BCUT2D eigenvalue weighted by atomic mass is 19.1. The van der Waals surface area contributed by atoms with Crippen LogP contribution in [0.3, 0.4) is 0 Å². The van der Waals surface area contributed by atoms with Crippen molar-refractivity contribution in [1.29, 1.82) is 0 Å². The van der Waals surface area contributed by atoms with Gasteiger partial charge < -0.3 is 30.5 Å². The molecule has 0 saturated carbocycles. The number of nitrogens with one attached hydrogen (secondary N) is 1. The number of aliphatic hydroxyl groups excluding tert-OH is 1. The number of nitrogens with zero attached hydrogens (tertiary/aromatic N) is 5. The van der Waals surface area contributed by atoms with Gasteiger partial charge in [-0.1, -0.05) is 12.1 Å². The number of rotatable bonds is 13. The molecule has 200 valence electrons. The fourth-order valence-corrected chi connectivity index (χ4v) is 4.04. The number of benzene rings is 2. The summed E-state index contributed by atoms with van der Waals surface area (Å²) in [5, 5.41) is 17.1. The lowest BCUT2D eigenvalue weighted by Gasteiger charge is -2.16. The largest absolute Gasteiger partial charge is 0.493 e. The summed E-state index contributed by atoms with van der Waals surface area (Å²) >= 11 is 0. The van der Waals surface area contributed by atoms with Gasteiger partial charge in [-0.3, -0.25) is 9.48 Å². The van der Waals surface area contributed by atoms with Gasteiger partial charge in [0, 0.05) is 30.7 Å². The third kappa shape index (κ3) is 6.33. The van der Waals surface area contributed by atoms with Crippen LogP contribution in [-0.2, 0) is 4.79 Å². The van der Waals surface area contributed by atoms with Gasteiger partial charge in [0.1, 0.15) is 18.0 Å². The number of amides is 1. The minimum atomic E-state index is -0.980. The Labute approximate surface area is 219 Å². The molecule has 4 rings (SSSR count). The maximum atomic E-state index is 13.7. The molecule has 0 radical (unpaired) electrons. The molecule has 4 aromatic rings. The third-order valence-corrected chi connectivity index (χ3v) is 5.91. The third-order valence-electron chi connectivity index (χ3n) is 5.91. The molecule has 11 nitrogen and oxygen atoms in total. The van der Waals surface area contributed by atoms with Gasteiger partial charge in [0.2, 0.25) is 5.91 Å².